The first-order valence-corrected chi connectivity index (χ1v) is 26.3. The molecule has 3 amide bonds. The highest BCUT2D eigenvalue weighted by atomic mass is 35.5. The van der Waals surface area contributed by atoms with Gasteiger partial charge in [-0.15, -0.1) is 32.9 Å². The SMILES string of the molecule is Cc1ncsc1-c1ccc(C(C)NC(=O)[C@@H]2C[C@@H](O)CN2C(=O)C(NC(=O)COCCOCCOCCn2cc(C#Cc3sc4c(c3C)C(c3ccc(Cl)cc3)=N[C@@H](C)c3nnc(C)n3-4)cn2)C(C)(C)C)cc1. The molecule has 8 rings (SSSR count). The van der Waals surface area contributed by atoms with Crippen molar-refractivity contribution < 1.29 is 33.7 Å². The lowest BCUT2D eigenvalue weighted by atomic mass is 9.85. The molecule has 2 aliphatic rings. The van der Waals surface area contributed by atoms with Crippen LogP contribution in [-0.4, -0.2) is 127 Å². The van der Waals surface area contributed by atoms with Crippen molar-refractivity contribution >= 4 is 57.7 Å². The zero-order valence-electron chi connectivity index (χ0n) is 42.3. The van der Waals surface area contributed by atoms with E-state index in [0.29, 0.717) is 31.4 Å². The molecule has 5 atom stereocenters. The Hall–Kier alpha value is -6.11. The summed E-state index contributed by atoms with van der Waals surface area (Å²) in [6.45, 7) is 17.1. The Morgan fingerprint density at radius 3 is 2.33 bits per heavy atom. The largest absolute Gasteiger partial charge is 0.391 e. The molecule has 73 heavy (non-hydrogen) atoms. The third kappa shape index (κ3) is 12.6. The maximum absolute atomic E-state index is 14.1. The quantitative estimate of drug-likeness (QED) is 0.0594. The van der Waals surface area contributed by atoms with Crippen molar-refractivity contribution in [1.82, 2.24) is 45.1 Å². The van der Waals surface area contributed by atoms with Gasteiger partial charge in [0.05, 0.1) is 90.2 Å². The number of rotatable bonds is 18. The number of aliphatic hydroxyl groups is 1. The molecule has 3 N–H and O–H groups in total. The Kier molecular flexibility index (Phi) is 17.0. The lowest BCUT2D eigenvalue weighted by Gasteiger charge is -2.35. The lowest BCUT2D eigenvalue weighted by molar-refractivity contribution is -0.144. The summed E-state index contributed by atoms with van der Waals surface area (Å²) in [6.07, 6.45) is 2.83. The Balaban J connectivity index is 0.746. The van der Waals surface area contributed by atoms with Crippen molar-refractivity contribution in [3.8, 4) is 27.3 Å². The zero-order chi connectivity index (χ0) is 52.0. The average molecular weight is 1050 g/mol. The molecule has 0 aliphatic carbocycles. The summed E-state index contributed by atoms with van der Waals surface area (Å²) in [6, 6.07) is 13.2. The van der Waals surface area contributed by atoms with Crippen LogP contribution in [0.3, 0.4) is 0 Å². The van der Waals surface area contributed by atoms with Crippen molar-refractivity contribution in [3.05, 3.63) is 121 Å². The van der Waals surface area contributed by atoms with Crippen LogP contribution in [0.4, 0.5) is 0 Å². The summed E-state index contributed by atoms with van der Waals surface area (Å²) >= 11 is 9.41. The topological polar surface area (TPSA) is 200 Å². The van der Waals surface area contributed by atoms with Crippen molar-refractivity contribution in [2.45, 2.75) is 98.6 Å². The first kappa shape index (κ1) is 53.2. The second-order valence-corrected chi connectivity index (χ2v) is 21.5. The minimum atomic E-state index is -0.977. The minimum Gasteiger partial charge on any atom is -0.391 e. The summed E-state index contributed by atoms with van der Waals surface area (Å²) in [5, 5.41) is 31.4. The number of β-amino-alcohol motifs (C(OH)–C–C–N with tert-alkyl or cyclic N) is 1. The van der Waals surface area contributed by atoms with Gasteiger partial charge in [0.2, 0.25) is 17.7 Å². The Labute approximate surface area is 438 Å². The number of hydrogen-bond acceptors (Lipinski definition) is 14. The van der Waals surface area contributed by atoms with E-state index in [9.17, 15) is 19.5 Å². The summed E-state index contributed by atoms with van der Waals surface area (Å²) < 4.78 is 20.9. The number of carbonyl (C=O) groups is 3. The molecular weight excluding hydrogens is 988 g/mol. The molecular formula is C53H61ClN10O7S2. The molecule has 384 valence electrons. The lowest BCUT2D eigenvalue weighted by Crippen LogP contribution is -2.58. The van der Waals surface area contributed by atoms with E-state index in [4.69, 9.17) is 30.8 Å². The van der Waals surface area contributed by atoms with Gasteiger partial charge in [-0.1, -0.05) is 80.6 Å². The normalized spacial score (nSPS) is 17.2. The maximum Gasteiger partial charge on any atom is 0.246 e. The number of aryl methyl sites for hydroxylation is 2. The zero-order valence-corrected chi connectivity index (χ0v) is 44.7. The maximum atomic E-state index is 14.1. The van der Waals surface area contributed by atoms with E-state index < -0.39 is 35.4 Å². The van der Waals surface area contributed by atoms with Gasteiger partial charge in [-0.2, -0.15) is 5.10 Å². The first-order valence-electron chi connectivity index (χ1n) is 24.2. The van der Waals surface area contributed by atoms with Gasteiger partial charge in [-0.3, -0.25) is 28.6 Å². The molecule has 17 nitrogen and oxygen atoms in total. The number of hydrogen-bond donors (Lipinski definition) is 3. The number of ether oxygens (including phenoxy) is 3. The van der Waals surface area contributed by atoms with Crippen LogP contribution in [0.15, 0.2) is 71.4 Å². The van der Waals surface area contributed by atoms with Crippen LogP contribution in [0.2, 0.25) is 5.02 Å². The molecule has 6 heterocycles. The van der Waals surface area contributed by atoms with E-state index in [2.05, 4.69) is 54.2 Å². The van der Waals surface area contributed by atoms with Gasteiger partial charge in [-0.05, 0) is 68.9 Å². The van der Waals surface area contributed by atoms with Crippen LogP contribution in [0.1, 0.15) is 103 Å². The van der Waals surface area contributed by atoms with E-state index in [1.165, 1.54) is 4.90 Å². The number of thiophene rings is 1. The Morgan fingerprint density at radius 1 is 0.932 bits per heavy atom. The fraction of sp³-hybridized carbons (Fsp3) is 0.434. The molecule has 2 aromatic carbocycles. The van der Waals surface area contributed by atoms with Crippen molar-refractivity contribution in [2.24, 2.45) is 10.4 Å². The number of nitrogens with zero attached hydrogens (tertiary/aromatic N) is 8. The predicted octanol–water partition coefficient (Wildman–Crippen LogP) is 6.96. The van der Waals surface area contributed by atoms with Gasteiger partial charge in [0, 0.05) is 35.3 Å². The number of aliphatic hydroxyl groups excluding tert-OH is 1. The highest BCUT2D eigenvalue weighted by molar-refractivity contribution is 7.15. The number of likely N-dealkylation sites (tertiary alicyclic amines) is 1. The predicted molar refractivity (Wildman–Crippen MR) is 281 cm³/mol. The summed E-state index contributed by atoms with van der Waals surface area (Å²) in [5.74, 6) is 6.93. The van der Waals surface area contributed by atoms with Gasteiger partial charge in [0.1, 0.15) is 35.6 Å². The number of amides is 3. The van der Waals surface area contributed by atoms with Crippen LogP contribution in [0.5, 0.6) is 0 Å². The molecule has 0 radical (unpaired) electrons. The molecule has 2 aliphatic heterocycles. The minimum absolute atomic E-state index is 0.0241. The number of fused-ring (bicyclic) bond motifs is 3. The molecule has 0 bridgehead atoms. The van der Waals surface area contributed by atoms with Crippen LogP contribution < -0.4 is 10.6 Å². The Bertz CT molecular complexity index is 3020. The van der Waals surface area contributed by atoms with Gasteiger partial charge in [0.15, 0.2) is 5.82 Å². The second kappa shape index (κ2) is 23.4. The molecule has 1 saturated heterocycles. The van der Waals surface area contributed by atoms with Gasteiger partial charge >= 0.3 is 0 Å². The number of benzene rings is 2. The van der Waals surface area contributed by atoms with Crippen molar-refractivity contribution in [1.29, 1.82) is 0 Å². The van der Waals surface area contributed by atoms with Crippen LogP contribution in [0.25, 0.3) is 15.4 Å². The number of carbonyl (C=O) groups excluding carboxylic acids is 3. The van der Waals surface area contributed by atoms with Gasteiger partial charge in [0.25, 0.3) is 0 Å². The van der Waals surface area contributed by atoms with Gasteiger partial charge < -0.3 is 34.9 Å². The number of aromatic nitrogens is 6. The fourth-order valence-corrected chi connectivity index (χ4v) is 10.9. The van der Waals surface area contributed by atoms with E-state index in [1.54, 1.807) is 33.6 Å². The van der Waals surface area contributed by atoms with Crippen molar-refractivity contribution in [2.75, 3.05) is 46.2 Å². The molecule has 20 heteroatoms. The van der Waals surface area contributed by atoms with E-state index in [0.717, 1.165) is 71.2 Å². The molecule has 2 unspecified atom stereocenters. The molecule has 4 aromatic heterocycles. The van der Waals surface area contributed by atoms with Crippen LogP contribution in [-0.2, 0) is 35.1 Å². The van der Waals surface area contributed by atoms with E-state index in [1.807, 2.05) is 109 Å². The summed E-state index contributed by atoms with van der Waals surface area (Å²) in [5.41, 5.74) is 8.64. The molecule has 1 fully saturated rings. The highest BCUT2D eigenvalue weighted by Crippen LogP contribution is 2.39. The second-order valence-electron chi connectivity index (χ2n) is 19.2. The third-order valence-corrected chi connectivity index (χ3v) is 15.1. The highest BCUT2D eigenvalue weighted by Gasteiger charge is 2.45. The smallest absolute Gasteiger partial charge is 0.246 e. The van der Waals surface area contributed by atoms with Crippen LogP contribution in [0, 0.1) is 38.0 Å². The fourth-order valence-electron chi connectivity index (χ4n) is 8.76. The monoisotopic (exact) mass is 1050 g/mol. The Morgan fingerprint density at radius 2 is 1.63 bits per heavy atom. The molecule has 0 saturated carbocycles. The standard InChI is InChI=1S/C53H61ClN10O7S2/c1-31-43(73-52-45(31)46(38-14-16-40(54)17-15-38)57-34(4)49-61-60-35(5)64(49)52)18-9-36-26-56-62(27-36)19-20-69-21-22-70-23-24-71-29-44(66)59-48(53(6,7)8)51(68)63-28-41(65)25-42(63)50(67)58-32(2)37-10-12-39(13-11-37)47-33(3)55-30-72-47/h10-17,26-27,30,32,34,41-42,48,65H,19-25,28-29H2,1-8H3,(H,58,67)(H,59,66)/t32?,34-,41+,42-,48?/m0/s1. The van der Waals surface area contributed by atoms with Crippen molar-refractivity contribution in [3.63, 3.8) is 0 Å². The van der Waals surface area contributed by atoms with Crippen LogP contribution >= 0.6 is 34.3 Å². The summed E-state index contributed by atoms with van der Waals surface area (Å²) in [4.78, 5) is 53.6. The van der Waals surface area contributed by atoms with Gasteiger partial charge in [-0.25, -0.2) is 4.98 Å². The number of aliphatic imine (C=N–C) groups is 1. The number of thiazole rings is 1. The number of halogens is 1. The molecule has 6 aromatic rings. The summed E-state index contributed by atoms with van der Waals surface area (Å²) in [7, 11) is 0. The average Bonchev–Trinajstić information content (AvgIpc) is 4.21. The molecule has 0 spiro atoms. The first-order chi connectivity index (χ1) is 35.0. The van der Waals surface area contributed by atoms with E-state index >= 15 is 0 Å². The number of nitrogens with one attached hydrogen (secondary N) is 2. The van der Waals surface area contributed by atoms with E-state index in [-0.39, 0.29) is 50.8 Å². The third-order valence-electron chi connectivity index (χ3n) is 12.7.